The van der Waals surface area contributed by atoms with Crippen molar-refractivity contribution in [3.63, 3.8) is 0 Å². The summed E-state index contributed by atoms with van der Waals surface area (Å²) in [4.78, 5) is 23.7. The van der Waals surface area contributed by atoms with Crippen LogP contribution in [-0.4, -0.2) is 67.9 Å². The number of aliphatic hydroxyl groups excluding tert-OH is 1. The van der Waals surface area contributed by atoms with Gasteiger partial charge in [-0.2, -0.15) is 31.3 Å². The van der Waals surface area contributed by atoms with E-state index < -0.39 is 59.3 Å². The lowest BCUT2D eigenvalue weighted by Crippen LogP contribution is -2.43. The van der Waals surface area contributed by atoms with Gasteiger partial charge in [-0.3, -0.25) is 4.79 Å². The lowest BCUT2D eigenvalue weighted by Gasteiger charge is -2.31. The average Bonchev–Trinajstić information content (AvgIpc) is 3.62. The number of aliphatic hydroxyl groups is 1. The van der Waals surface area contributed by atoms with Crippen LogP contribution in [-0.2, 0) is 15.8 Å². The Hall–Kier alpha value is -4.97. The van der Waals surface area contributed by atoms with Crippen LogP contribution in [0.5, 0.6) is 5.75 Å². The van der Waals surface area contributed by atoms with E-state index in [1.807, 2.05) is 0 Å². The molecule has 3 heterocycles. The van der Waals surface area contributed by atoms with Crippen LogP contribution >= 0.6 is 0 Å². The summed E-state index contributed by atoms with van der Waals surface area (Å²) in [6.45, 7) is 0.233. The lowest BCUT2D eigenvalue weighted by molar-refractivity contribution is -0.192. The molecule has 234 valence electrons. The van der Waals surface area contributed by atoms with Crippen LogP contribution in [0.15, 0.2) is 57.6 Å². The lowest BCUT2D eigenvalue weighted by atomic mass is 9.97. The number of hydrogen-bond acceptors (Lipinski definition) is 10. The van der Waals surface area contributed by atoms with E-state index in [2.05, 4.69) is 20.6 Å². The molecular weight excluding hydrogens is 610 g/mol. The number of carbonyl (C=O) groups is 2. The van der Waals surface area contributed by atoms with E-state index in [-0.39, 0.29) is 31.0 Å². The molecule has 44 heavy (non-hydrogen) atoms. The maximum Gasteiger partial charge on any atom is 0.490 e. The molecule has 2 aromatic carbocycles. The number of aromatic nitrogens is 3. The number of benzene rings is 2. The maximum absolute atomic E-state index is 14.0. The fraction of sp³-hybridized carbons (Fsp3) is 0.269. The Morgan fingerprint density at radius 1 is 0.955 bits per heavy atom. The summed E-state index contributed by atoms with van der Waals surface area (Å²) in [5, 5.41) is 36.9. The highest BCUT2D eigenvalue weighted by atomic mass is 19.4. The molecule has 18 heteroatoms. The van der Waals surface area contributed by atoms with Gasteiger partial charge in [0.05, 0.1) is 12.5 Å². The molecule has 2 aromatic heterocycles. The van der Waals surface area contributed by atoms with Crippen LogP contribution in [0.4, 0.5) is 26.3 Å². The summed E-state index contributed by atoms with van der Waals surface area (Å²) >= 11 is 0. The van der Waals surface area contributed by atoms with Crippen molar-refractivity contribution in [1.82, 2.24) is 20.6 Å². The summed E-state index contributed by atoms with van der Waals surface area (Å²) in [7, 11) is 0. The Morgan fingerprint density at radius 2 is 1.64 bits per heavy atom. The SMILES string of the molecule is O=C(O)C(F)(F)F.O=C(O)CCN[C@@H]1COc2cc(-c3noc(-c4onc(-c5ccccc5)c4C(F)(F)F)n3)ccc2[C@@H]1O. The van der Waals surface area contributed by atoms with Crippen LogP contribution in [0, 0.1) is 0 Å². The second kappa shape index (κ2) is 12.7. The van der Waals surface area contributed by atoms with Gasteiger partial charge in [-0.15, -0.1) is 0 Å². The van der Waals surface area contributed by atoms with Crippen LogP contribution < -0.4 is 10.1 Å². The largest absolute Gasteiger partial charge is 0.491 e. The third-order valence-electron chi connectivity index (χ3n) is 6.02. The van der Waals surface area contributed by atoms with Crippen molar-refractivity contribution in [2.75, 3.05) is 13.2 Å². The van der Waals surface area contributed by atoms with Gasteiger partial charge in [0.25, 0.3) is 5.89 Å². The highest BCUT2D eigenvalue weighted by Crippen LogP contribution is 2.43. The molecule has 0 unspecified atom stereocenters. The van der Waals surface area contributed by atoms with E-state index in [1.165, 1.54) is 18.2 Å². The predicted molar refractivity (Wildman–Crippen MR) is 134 cm³/mol. The van der Waals surface area contributed by atoms with E-state index in [1.54, 1.807) is 30.3 Å². The Kier molecular flexibility index (Phi) is 9.24. The second-order valence-corrected chi connectivity index (χ2v) is 9.04. The van der Waals surface area contributed by atoms with Crippen molar-refractivity contribution in [2.24, 2.45) is 0 Å². The van der Waals surface area contributed by atoms with Gasteiger partial charge in [0.15, 0.2) is 0 Å². The highest BCUT2D eigenvalue weighted by Gasteiger charge is 2.43. The van der Waals surface area contributed by atoms with Gasteiger partial charge in [-0.05, 0) is 6.07 Å². The molecule has 4 N–H and O–H groups in total. The Labute approximate surface area is 241 Å². The van der Waals surface area contributed by atoms with Crippen molar-refractivity contribution in [3.8, 4) is 40.0 Å². The predicted octanol–water partition coefficient (Wildman–Crippen LogP) is 4.57. The molecule has 12 nitrogen and oxygen atoms in total. The Bertz CT molecular complexity index is 1620. The van der Waals surface area contributed by atoms with Crippen LogP contribution in [0.25, 0.3) is 34.3 Å². The summed E-state index contributed by atoms with van der Waals surface area (Å²) in [5.74, 6) is -4.62. The number of rotatable bonds is 7. The molecule has 5 rings (SSSR count). The normalized spacial score (nSPS) is 16.3. The second-order valence-electron chi connectivity index (χ2n) is 9.04. The maximum atomic E-state index is 14.0. The Morgan fingerprint density at radius 3 is 2.25 bits per heavy atom. The van der Waals surface area contributed by atoms with Gasteiger partial charge < -0.3 is 34.4 Å². The highest BCUT2D eigenvalue weighted by molar-refractivity contribution is 5.73. The molecule has 0 amide bonds. The van der Waals surface area contributed by atoms with Gasteiger partial charge in [0.2, 0.25) is 11.6 Å². The first-order chi connectivity index (χ1) is 20.7. The first-order valence-electron chi connectivity index (χ1n) is 12.3. The number of nitrogens with one attached hydrogen (secondary N) is 1. The minimum atomic E-state index is -5.08. The number of nitrogens with zero attached hydrogens (tertiary/aromatic N) is 3. The molecule has 0 saturated carbocycles. The van der Waals surface area contributed by atoms with Crippen LogP contribution in [0.2, 0.25) is 0 Å². The molecule has 2 atom stereocenters. The number of aliphatic carboxylic acids is 2. The van der Waals surface area contributed by atoms with E-state index in [4.69, 9.17) is 28.8 Å². The standard InChI is InChI=1S/C24H19F3N4O6.C2HF3O2/c25-24(26,27)18-19(12-4-2-1-3-5-12)30-36-21(18)23-29-22(31-37-23)13-6-7-14-16(10-13)35-11-15(20(14)34)28-9-8-17(32)33;3-2(4,5)1(6)7/h1-7,10,15,20,28,34H,8-9,11H2,(H,32,33);(H,6,7)/t15-,20+;/m1./s1. The minimum Gasteiger partial charge on any atom is -0.491 e. The molecular formula is C26H20F6N4O8. The number of hydrogen-bond donors (Lipinski definition) is 4. The van der Waals surface area contributed by atoms with Crippen molar-refractivity contribution >= 4 is 11.9 Å². The summed E-state index contributed by atoms with van der Waals surface area (Å²) in [6.07, 6.45) is -11.0. The zero-order valence-corrected chi connectivity index (χ0v) is 21.9. The molecule has 0 radical (unpaired) electrons. The van der Waals surface area contributed by atoms with Gasteiger partial charge in [0.1, 0.15) is 29.7 Å². The number of halogens is 6. The van der Waals surface area contributed by atoms with Crippen molar-refractivity contribution < 1.29 is 65.0 Å². The summed E-state index contributed by atoms with van der Waals surface area (Å²) in [6, 6.07) is 11.9. The zero-order valence-electron chi connectivity index (χ0n) is 21.9. The van der Waals surface area contributed by atoms with Crippen molar-refractivity contribution in [1.29, 1.82) is 0 Å². The monoisotopic (exact) mass is 630 g/mol. The molecule has 0 bridgehead atoms. The number of carboxylic acids is 2. The van der Waals surface area contributed by atoms with Gasteiger partial charge in [-0.25, -0.2) is 4.79 Å². The number of carboxylic acid groups (broad SMARTS) is 2. The van der Waals surface area contributed by atoms with E-state index >= 15 is 0 Å². The quantitative estimate of drug-likeness (QED) is 0.209. The van der Waals surface area contributed by atoms with Crippen LogP contribution in [0.3, 0.4) is 0 Å². The van der Waals surface area contributed by atoms with Crippen molar-refractivity contribution in [3.05, 3.63) is 59.7 Å². The molecule has 1 aliphatic heterocycles. The third kappa shape index (κ3) is 7.32. The van der Waals surface area contributed by atoms with E-state index in [0.29, 0.717) is 16.9 Å². The summed E-state index contributed by atoms with van der Waals surface area (Å²) in [5.41, 5.74) is -0.494. The first-order valence-corrected chi connectivity index (χ1v) is 12.3. The average molecular weight is 630 g/mol. The summed E-state index contributed by atoms with van der Waals surface area (Å²) < 4.78 is 89.4. The fourth-order valence-corrected chi connectivity index (χ4v) is 3.99. The van der Waals surface area contributed by atoms with Gasteiger partial charge >= 0.3 is 24.3 Å². The van der Waals surface area contributed by atoms with Gasteiger partial charge in [0, 0.05) is 23.2 Å². The third-order valence-corrected chi connectivity index (χ3v) is 6.02. The number of ether oxygens (including phenoxy) is 1. The van der Waals surface area contributed by atoms with Crippen molar-refractivity contribution in [2.45, 2.75) is 30.9 Å². The number of fused-ring (bicyclic) bond motifs is 1. The fourth-order valence-electron chi connectivity index (χ4n) is 3.99. The topological polar surface area (TPSA) is 181 Å². The zero-order chi connectivity index (χ0) is 32.2. The molecule has 0 aliphatic carbocycles. The number of alkyl halides is 6. The van der Waals surface area contributed by atoms with Gasteiger partial charge in [-0.1, -0.05) is 52.8 Å². The molecule has 4 aromatic rings. The molecule has 1 aliphatic rings. The van der Waals surface area contributed by atoms with E-state index in [9.17, 15) is 36.2 Å². The molecule has 0 fully saturated rings. The Balaban J connectivity index is 0.000000566. The molecule has 0 saturated heterocycles. The smallest absolute Gasteiger partial charge is 0.490 e. The first kappa shape index (κ1) is 32.0. The van der Waals surface area contributed by atoms with E-state index in [0.717, 1.165) is 0 Å². The molecule has 0 spiro atoms. The van der Waals surface area contributed by atoms with Crippen LogP contribution in [0.1, 0.15) is 23.7 Å². The minimum absolute atomic E-state index is 0.0246.